The molecule has 108 valence electrons. The van der Waals surface area contributed by atoms with E-state index in [4.69, 9.17) is 4.74 Å². The van der Waals surface area contributed by atoms with E-state index in [1.54, 1.807) is 0 Å². The molecule has 1 aromatic carbocycles. The molecule has 1 saturated heterocycles. The number of ether oxygens (including phenoxy) is 1. The van der Waals surface area contributed by atoms with Gasteiger partial charge in [0, 0.05) is 17.2 Å². The standard InChI is InChI=1S/C17H17BrN2O/c18-14-5-6-16(19-11-14)20-9-10-21-17(12-20)8-7-13-3-1-2-4-15(13)17/h1-6,11H,7-10,12H2. The van der Waals surface area contributed by atoms with Gasteiger partial charge < -0.3 is 9.64 Å². The summed E-state index contributed by atoms with van der Waals surface area (Å²) in [5.74, 6) is 1.03. The molecule has 1 fully saturated rings. The molecule has 2 aromatic rings. The fourth-order valence-corrected chi connectivity index (χ4v) is 3.74. The maximum Gasteiger partial charge on any atom is 0.128 e. The van der Waals surface area contributed by atoms with E-state index >= 15 is 0 Å². The predicted molar refractivity (Wildman–Crippen MR) is 86.5 cm³/mol. The van der Waals surface area contributed by atoms with Crippen LogP contribution >= 0.6 is 15.9 Å². The molecule has 1 aliphatic carbocycles. The van der Waals surface area contributed by atoms with Crippen LogP contribution in [0.3, 0.4) is 0 Å². The minimum absolute atomic E-state index is 0.149. The molecule has 1 aromatic heterocycles. The Morgan fingerprint density at radius 3 is 2.95 bits per heavy atom. The molecule has 1 spiro atoms. The highest BCUT2D eigenvalue weighted by Gasteiger charge is 2.43. The molecule has 1 aliphatic heterocycles. The van der Waals surface area contributed by atoms with Crippen molar-refractivity contribution < 1.29 is 4.74 Å². The van der Waals surface area contributed by atoms with Crippen molar-refractivity contribution in [3.63, 3.8) is 0 Å². The van der Waals surface area contributed by atoms with Crippen molar-refractivity contribution in [2.75, 3.05) is 24.6 Å². The molecule has 1 atom stereocenters. The molecule has 4 heteroatoms. The van der Waals surface area contributed by atoms with E-state index in [0.29, 0.717) is 0 Å². The number of morpholine rings is 1. The van der Waals surface area contributed by atoms with Crippen molar-refractivity contribution in [1.82, 2.24) is 4.98 Å². The number of pyridine rings is 1. The second-order valence-electron chi connectivity index (χ2n) is 5.76. The van der Waals surface area contributed by atoms with Crippen molar-refractivity contribution in [1.29, 1.82) is 0 Å². The number of halogens is 1. The summed E-state index contributed by atoms with van der Waals surface area (Å²) in [7, 11) is 0. The fourth-order valence-electron chi connectivity index (χ4n) is 3.50. The predicted octanol–water partition coefficient (Wildman–Crippen LogP) is 3.52. The Balaban J connectivity index is 1.66. The summed E-state index contributed by atoms with van der Waals surface area (Å²) in [5, 5.41) is 0. The number of hydrogen-bond acceptors (Lipinski definition) is 3. The lowest BCUT2D eigenvalue weighted by molar-refractivity contribution is -0.0594. The Kier molecular flexibility index (Phi) is 3.23. The van der Waals surface area contributed by atoms with E-state index in [1.807, 2.05) is 12.3 Å². The third-order valence-corrected chi connectivity index (χ3v) is 5.00. The molecule has 21 heavy (non-hydrogen) atoms. The first-order chi connectivity index (χ1) is 10.3. The normalized spacial score (nSPS) is 24.3. The number of fused-ring (bicyclic) bond motifs is 2. The van der Waals surface area contributed by atoms with Gasteiger partial charge in [-0.05, 0) is 52.0 Å². The van der Waals surface area contributed by atoms with Crippen LogP contribution in [0.4, 0.5) is 5.82 Å². The maximum absolute atomic E-state index is 6.25. The zero-order chi connectivity index (χ0) is 14.3. The van der Waals surface area contributed by atoms with Crippen molar-refractivity contribution in [2.24, 2.45) is 0 Å². The number of aromatic nitrogens is 1. The third kappa shape index (κ3) is 2.27. The van der Waals surface area contributed by atoms with Crippen molar-refractivity contribution in [3.8, 4) is 0 Å². The van der Waals surface area contributed by atoms with Crippen LogP contribution in [0.25, 0.3) is 0 Å². The van der Waals surface area contributed by atoms with Gasteiger partial charge in [0.05, 0.1) is 13.2 Å². The molecule has 3 nitrogen and oxygen atoms in total. The summed E-state index contributed by atoms with van der Waals surface area (Å²) in [5.41, 5.74) is 2.65. The largest absolute Gasteiger partial charge is 0.367 e. The number of anilines is 1. The highest BCUT2D eigenvalue weighted by atomic mass is 79.9. The van der Waals surface area contributed by atoms with Gasteiger partial charge in [0.1, 0.15) is 11.4 Å². The Morgan fingerprint density at radius 1 is 1.19 bits per heavy atom. The van der Waals surface area contributed by atoms with E-state index in [1.165, 1.54) is 11.1 Å². The van der Waals surface area contributed by atoms with Gasteiger partial charge in [0.25, 0.3) is 0 Å². The van der Waals surface area contributed by atoms with Crippen LogP contribution in [-0.4, -0.2) is 24.7 Å². The van der Waals surface area contributed by atoms with Crippen molar-refractivity contribution >= 4 is 21.7 Å². The molecular formula is C17H17BrN2O. The van der Waals surface area contributed by atoms with Crippen LogP contribution in [0.1, 0.15) is 17.5 Å². The minimum Gasteiger partial charge on any atom is -0.367 e. The smallest absolute Gasteiger partial charge is 0.128 e. The fraction of sp³-hybridized carbons (Fsp3) is 0.353. The average Bonchev–Trinajstić information content (AvgIpc) is 2.87. The van der Waals surface area contributed by atoms with Gasteiger partial charge >= 0.3 is 0 Å². The summed E-state index contributed by atoms with van der Waals surface area (Å²) in [4.78, 5) is 6.88. The molecule has 0 saturated carbocycles. The van der Waals surface area contributed by atoms with E-state index < -0.39 is 0 Å². The molecule has 2 heterocycles. The SMILES string of the molecule is Brc1ccc(N2CCOC3(CCc4ccccc43)C2)nc1. The van der Waals surface area contributed by atoms with Crippen LogP contribution in [-0.2, 0) is 16.8 Å². The summed E-state index contributed by atoms with van der Waals surface area (Å²) in [6, 6.07) is 12.8. The molecule has 0 N–H and O–H groups in total. The van der Waals surface area contributed by atoms with Gasteiger partial charge in [0.2, 0.25) is 0 Å². The quantitative estimate of drug-likeness (QED) is 0.791. The van der Waals surface area contributed by atoms with Crippen LogP contribution in [0.5, 0.6) is 0 Å². The first-order valence-corrected chi connectivity index (χ1v) is 8.15. The monoisotopic (exact) mass is 344 g/mol. The van der Waals surface area contributed by atoms with Gasteiger partial charge in [-0.3, -0.25) is 0 Å². The zero-order valence-corrected chi connectivity index (χ0v) is 13.3. The lowest BCUT2D eigenvalue weighted by Crippen LogP contribution is -2.49. The molecule has 2 aliphatic rings. The summed E-state index contributed by atoms with van der Waals surface area (Å²) in [6.07, 6.45) is 4.04. The second-order valence-corrected chi connectivity index (χ2v) is 6.67. The Labute approximate surface area is 133 Å². The lowest BCUT2D eigenvalue weighted by Gasteiger charge is -2.41. The number of nitrogens with zero attached hydrogens (tertiary/aromatic N) is 2. The number of hydrogen-bond donors (Lipinski definition) is 0. The first-order valence-electron chi connectivity index (χ1n) is 7.36. The summed E-state index contributed by atoms with van der Waals surface area (Å²) in [6.45, 7) is 2.54. The highest BCUT2D eigenvalue weighted by molar-refractivity contribution is 9.10. The molecule has 0 amide bonds. The van der Waals surface area contributed by atoms with Gasteiger partial charge in [0.15, 0.2) is 0 Å². The van der Waals surface area contributed by atoms with E-state index in [0.717, 1.165) is 42.8 Å². The zero-order valence-electron chi connectivity index (χ0n) is 11.8. The Bertz CT molecular complexity index is 654. The first kappa shape index (κ1) is 13.3. The lowest BCUT2D eigenvalue weighted by atomic mass is 9.93. The van der Waals surface area contributed by atoms with E-state index in [2.05, 4.69) is 56.1 Å². The van der Waals surface area contributed by atoms with Gasteiger partial charge in [-0.15, -0.1) is 0 Å². The van der Waals surface area contributed by atoms with Crippen LogP contribution in [0.15, 0.2) is 47.1 Å². The maximum atomic E-state index is 6.25. The number of benzene rings is 1. The molecule has 4 rings (SSSR count). The van der Waals surface area contributed by atoms with E-state index in [-0.39, 0.29) is 5.60 Å². The third-order valence-electron chi connectivity index (χ3n) is 4.53. The summed E-state index contributed by atoms with van der Waals surface area (Å²) >= 11 is 3.44. The number of rotatable bonds is 1. The van der Waals surface area contributed by atoms with Crippen LogP contribution in [0.2, 0.25) is 0 Å². The van der Waals surface area contributed by atoms with Gasteiger partial charge in [-0.1, -0.05) is 24.3 Å². The van der Waals surface area contributed by atoms with Crippen LogP contribution < -0.4 is 4.90 Å². The highest BCUT2D eigenvalue weighted by Crippen LogP contribution is 2.42. The topological polar surface area (TPSA) is 25.4 Å². The van der Waals surface area contributed by atoms with Crippen molar-refractivity contribution in [2.45, 2.75) is 18.4 Å². The molecule has 1 unspecified atom stereocenters. The molecule has 0 radical (unpaired) electrons. The van der Waals surface area contributed by atoms with E-state index in [9.17, 15) is 0 Å². The Hall–Kier alpha value is -1.39. The summed E-state index contributed by atoms with van der Waals surface area (Å²) < 4.78 is 7.26. The molecular weight excluding hydrogens is 328 g/mol. The second kappa shape index (κ2) is 5.11. The van der Waals surface area contributed by atoms with Gasteiger partial charge in [-0.2, -0.15) is 0 Å². The van der Waals surface area contributed by atoms with Crippen molar-refractivity contribution in [3.05, 3.63) is 58.2 Å². The molecule has 0 bridgehead atoms. The average molecular weight is 345 g/mol. The number of aryl methyl sites for hydroxylation is 1. The Morgan fingerprint density at radius 2 is 2.10 bits per heavy atom. The van der Waals surface area contributed by atoms with Crippen LogP contribution in [0, 0.1) is 0 Å². The minimum atomic E-state index is -0.149. The van der Waals surface area contributed by atoms with Gasteiger partial charge in [-0.25, -0.2) is 4.98 Å².